The van der Waals surface area contributed by atoms with Gasteiger partial charge in [-0.1, -0.05) is 18.2 Å². The lowest BCUT2D eigenvalue weighted by molar-refractivity contribution is 0.485. The van der Waals surface area contributed by atoms with E-state index in [4.69, 9.17) is 4.98 Å². The number of thiazole rings is 1. The molecule has 0 aliphatic rings. The third-order valence-electron chi connectivity index (χ3n) is 4.04. The highest BCUT2D eigenvalue weighted by molar-refractivity contribution is 14.0. The summed E-state index contributed by atoms with van der Waals surface area (Å²) in [6.07, 6.45) is 3.11. The molecule has 2 heterocycles. The van der Waals surface area contributed by atoms with Gasteiger partial charge < -0.3 is 10.2 Å². The quantitative estimate of drug-likeness (QED) is 0.222. The first kappa shape index (κ1) is 21.1. The average Bonchev–Trinajstić information content (AvgIpc) is 3.28. The van der Waals surface area contributed by atoms with Crippen molar-refractivity contribution in [1.82, 2.24) is 15.2 Å². The van der Waals surface area contributed by atoms with E-state index >= 15 is 0 Å². The van der Waals surface area contributed by atoms with Crippen LogP contribution in [0.15, 0.2) is 46.8 Å². The van der Waals surface area contributed by atoms with Crippen molar-refractivity contribution in [2.45, 2.75) is 19.3 Å². The molecule has 0 unspecified atom stereocenters. The Morgan fingerprint density at radius 2 is 2.04 bits per heavy atom. The van der Waals surface area contributed by atoms with Crippen LogP contribution >= 0.6 is 46.7 Å². The van der Waals surface area contributed by atoms with Crippen molar-refractivity contribution in [2.24, 2.45) is 4.99 Å². The van der Waals surface area contributed by atoms with Crippen LogP contribution in [0.4, 0.5) is 0 Å². The molecular formula is C19H25IN4S2. The van der Waals surface area contributed by atoms with Crippen LogP contribution < -0.4 is 5.32 Å². The van der Waals surface area contributed by atoms with Crippen LogP contribution in [-0.4, -0.2) is 43.0 Å². The maximum Gasteiger partial charge on any atom is 0.193 e. The molecule has 4 nitrogen and oxygen atoms in total. The van der Waals surface area contributed by atoms with Gasteiger partial charge in [0.25, 0.3) is 0 Å². The topological polar surface area (TPSA) is 40.5 Å². The van der Waals surface area contributed by atoms with Crippen molar-refractivity contribution in [1.29, 1.82) is 0 Å². The molecule has 1 N–H and O–H groups in total. The molecule has 3 aromatic rings. The van der Waals surface area contributed by atoms with E-state index in [2.05, 4.69) is 58.0 Å². The molecule has 140 valence electrons. The number of para-hydroxylation sites is 1. The predicted molar refractivity (Wildman–Crippen MR) is 125 cm³/mol. The smallest absolute Gasteiger partial charge is 0.193 e. The SMILES string of the molecule is CN=C(NCCCc1nc2ccccc2s1)N(C)CCc1cccs1.I. The number of nitrogens with zero attached hydrogens (tertiary/aromatic N) is 3. The molecule has 0 aliphatic heterocycles. The molecule has 0 radical (unpaired) electrons. The second-order valence-electron chi connectivity index (χ2n) is 5.90. The Labute approximate surface area is 180 Å². The Kier molecular flexibility index (Phi) is 8.80. The zero-order valence-corrected chi connectivity index (χ0v) is 19.1. The predicted octanol–water partition coefficient (Wildman–Crippen LogP) is 4.66. The van der Waals surface area contributed by atoms with Gasteiger partial charge in [0, 0.05) is 38.5 Å². The number of likely N-dealkylation sites (N-methyl/N-ethyl adjacent to an activating group) is 1. The second kappa shape index (κ2) is 10.8. The summed E-state index contributed by atoms with van der Waals surface area (Å²) >= 11 is 3.61. The third-order valence-corrected chi connectivity index (χ3v) is 6.07. The van der Waals surface area contributed by atoms with Gasteiger partial charge >= 0.3 is 0 Å². The molecule has 0 fully saturated rings. The van der Waals surface area contributed by atoms with E-state index in [1.807, 2.05) is 24.5 Å². The number of aryl methyl sites for hydroxylation is 1. The molecule has 0 saturated heterocycles. The van der Waals surface area contributed by atoms with E-state index in [0.29, 0.717) is 0 Å². The van der Waals surface area contributed by atoms with Gasteiger partial charge in [0.15, 0.2) is 5.96 Å². The molecule has 0 spiro atoms. The van der Waals surface area contributed by atoms with E-state index in [1.54, 1.807) is 11.3 Å². The number of fused-ring (bicyclic) bond motifs is 1. The number of thiophene rings is 1. The maximum atomic E-state index is 4.69. The van der Waals surface area contributed by atoms with Crippen LogP contribution in [0.1, 0.15) is 16.3 Å². The lowest BCUT2D eigenvalue weighted by Gasteiger charge is -2.21. The van der Waals surface area contributed by atoms with Crippen molar-refractivity contribution in [3.05, 3.63) is 51.7 Å². The average molecular weight is 500 g/mol. The Hall–Kier alpha value is -1.19. The Morgan fingerprint density at radius 1 is 1.19 bits per heavy atom. The summed E-state index contributed by atoms with van der Waals surface area (Å²) in [7, 11) is 3.94. The first-order chi connectivity index (χ1) is 12.3. The van der Waals surface area contributed by atoms with Crippen LogP contribution in [0, 0.1) is 0 Å². The number of hydrogen-bond donors (Lipinski definition) is 1. The molecule has 1 aromatic carbocycles. The first-order valence-corrected chi connectivity index (χ1v) is 10.2. The number of aliphatic imine (C=N–C) groups is 1. The maximum absolute atomic E-state index is 4.69. The van der Waals surface area contributed by atoms with Crippen molar-refractivity contribution in [2.75, 3.05) is 27.2 Å². The monoisotopic (exact) mass is 500 g/mol. The Morgan fingerprint density at radius 3 is 2.77 bits per heavy atom. The molecule has 2 aromatic heterocycles. The Balaban J connectivity index is 0.00000243. The first-order valence-electron chi connectivity index (χ1n) is 8.55. The summed E-state index contributed by atoms with van der Waals surface area (Å²) < 4.78 is 1.27. The number of nitrogens with one attached hydrogen (secondary N) is 1. The van der Waals surface area contributed by atoms with Gasteiger partial charge in [-0.05, 0) is 36.4 Å². The van der Waals surface area contributed by atoms with Crippen molar-refractivity contribution >= 4 is 62.8 Å². The van der Waals surface area contributed by atoms with Gasteiger partial charge in [-0.2, -0.15) is 0 Å². The molecule has 7 heteroatoms. The van der Waals surface area contributed by atoms with Gasteiger partial charge in [0.1, 0.15) is 0 Å². The summed E-state index contributed by atoms with van der Waals surface area (Å²) in [5, 5.41) is 6.80. The molecule has 0 aliphatic carbocycles. The summed E-state index contributed by atoms with van der Waals surface area (Å²) in [6, 6.07) is 12.6. The standard InChI is InChI=1S/C19H24N4S2.HI/c1-20-19(23(2)13-11-15-7-6-14-24-15)21-12-5-10-18-22-16-8-3-4-9-17(16)25-18;/h3-4,6-9,14H,5,10-13H2,1-2H3,(H,20,21);1H. The molecular weight excluding hydrogens is 475 g/mol. The summed E-state index contributed by atoms with van der Waals surface area (Å²) in [6.45, 7) is 1.88. The number of hydrogen-bond acceptors (Lipinski definition) is 4. The van der Waals surface area contributed by atoms with Crippen LogP contribution in [-0.2, 0) is 12.8 Å². The largest absolute Gasteiger partial charge is 0.356 e. The van der Waals surface area contributed by atoms with Gasteiger partial charge in [-0.15, -0.1) is 46.7 Å². The van der Waals surface area contributed by atoms with Crippen LogP contribution in [0.3, 0.4) is 0 Å². The van der Waals surface area contributed by atoms with Gasteiger partial charge in [-0.3, -0.25) is 4.99 Å². The van der Waals surface area contributed by atoms with E-state index in [0.717, 1.165) is 43.8 Å². The molecule has 0 saturated carbocycles. The van der Waals surface area contributed by atoms with E-state index in [1.165, 1.54) is 14.6 Å². The van der Waals surface area contributed by atoms with Crippen molar-refractivity contribution in [3.63, 3.8) is 0 Å². The molecule has 0 atom stereocenters. The van der Waals surface area contributed by atoms with Gasteiger partial charge in [0.05, 0.1) is 15.2 Å². The minimum atomic E-state index is 0. The summed E-state index contributed by atoms with van der Waals surface area (Å²) in [4.78, 5) is 12.7. The van der Waals surface area contributed by atoms with Crippen LogP contribution in [0.25, 0.3) is 10.2 Å². The number of guanidine groups is 1. The van der Waals surface area contributed by atoms with Gasteiger partial charge in [0.2, 0.25) is 0 Å². The zero-order valence-electron chi connectivity index (χ0n) is 15.1. The lowest BCUT2D eigenvalue weighted by Crippen LogP contribution is -2.40. The van der Waals surface area contributed by atoms with E-state index in [9.17, 15) is 0 Å². The lowest BCUT2D eigenvalue weighted by atomic mass is 10.3. The molecule has 0 bridgehead atoms. The highest BCUT2D eigenvalue weighted by atomic mass is 127. The van der Waals surface area contributed by atoms with Crippen molar-refractivity contribution in [3.8, 4) is 0 Å². The minimum absolute atomic E-state index is 0. The summed E-state index contributed by atoms with van der Waals surface area (Å²) in [5.74, 6) is 0.959. The molecule has 26 heavy (non-hydrogen) atoms. The fourth-order valence-corrected chi connectivity index (χ4v) is 4.40. The van der Waals surface area contributed by atoms with Crippen LogP contribution in [0.2, 0.25) is 0 Å². The minimum Gasteiger partial charge on any atom is -0.356 e. The number of halogens is 1. The van der Waals surface area contributed by atoms with Crippen molar-refractivity contribution < 1.29 is 0 Å². The molecule has 0 amide bonds. The normalized spacial score (nSPS) is 11.4. The molecule has 3 rings (SSSR count). The van der Waals surface area contributed by atoms with Crippen LogP contribution in [0.5, 0.6) is 0 Å². The van der Waals surface area contributed by atoms with E-state index < -0.39 is 0 Å². The number of benzene rings is 1. The summed E-state index contributed by atoms with van der Waals surface area (Å²) in [5.41, 5.74) is 1.11. The number of aromatic nitrogens is 1. The fourth-order valence-electron chi connectivity index (χ4n) is 2.69. The highest BCUT2D eigenvalue weighted by Gasteiger charge is 2.07. The third kappa shape index (κ3) is 5.92. The highest BCUT2D eigenvalue weighted by Crippen LogP contribution is 2.22. The Bertz CT molecular complexity index is 781. The zero-order chi connectivity index (χ0) is 17.5. The van der Waals surface area contributed by atoms with Gasteiger partial charge in [-0.25, -0.2) is 4.98 Å². The fraction of sp³-hybridized carbons (Fsp3) is 0.368. The van der Waals surface area contributed by atoms with E-state index in [-0.39, 0.29) is 24.0 Å². The number of rotatable bonds is 7. The second-order valence-corrected chi connectivity index (χ2v) is 8.05.